The van der Waals surface area contributed by atoms with E-state index < -0.39 is 11.9 Å². The van der Waals surface area contributed by atoms with Crippen molar-refractivity contribution in [2.75, 3.05) is 19.0 Å². The van der Waals surface area contributed by atoms with Crippen LogP contribution in [0, 0.1) is 6.92 Å². The largest absolute Gasteiger partial charge is 0.465 e. The van der Waals surface area contributed by atoms with Crippen molar-refractivity contribution in [3.63, 3.8) is 0 Å². The summed E-state index contributed by atoms with van der Waals surface area (Å²) < 4.78 is 4.62. The molecule has 0 saturated carbocycles. The van der Waals surface area contributed by atoms with Gasteiger partial charge < -0.3 is 15.4 Å². The normalized spacial score (nSPS) is 9.92. The number of benzene rings is 2. The molecule has 2 amide bonds. The first-order valence-electron chi connectivity index (χ1n) is 7.32. The SMILES string of the molecule is COC(=O)c1cccc(NC(=O)CNC(=O)c2ccc(C)cc2)c1. The van der Waals surface area contributed by atoms with Crippen LogP contribution in [-0.2, 0) is 9.53 Å². The van der Waals surface area contributed by atoms with Gasteiger partial charge in [0.25, 0.3) is 5.91 Å². The first kappa shape index (κ1) is 17.2. The summed E-state index contributed by atoms with van der Waals surface area (Å²) in [7, 11) is 1.29. The summed E-state index contributed by atoms with van der Waals surface area (Å²) in [5.41, 5.74) is 2.32. The monoisotopic (exact) mass is 326 g/mol. The molecule has 124 valence electrons. The molecule has 0 aromatic heterocycles. The van der Waals surface area contributed by atoms with Crippen LogP contribution in [0.3, 0.4) is 0 Å². The topological polar surface area (TPSA) is 84.5 Å². The quantitative estimate of drug-likeness (QED) is 0.825. The minimum absolute atomic E-state index is 0.171. The lowest BCUT2D eigenvalue weighted by molar-refractivity contribution is -0.115. The van der Waals surface area contributed by atoms with Crippen molar-refractivity contribution in [1.82, 2.24) is 5.32 Å². The summed E-state index contributed by atoms with van der Waals surface area (Å²) in [6.45, 7) is 1.76. The fourth-order valence-electron chi connectivity index (χ4n) is 2.01. The molecule has 0 radical (unpaired) electrons. The molecule has 2 aromatic rings. The van der Waals surface area contributed by atoms with Gasteiger partial charge in [-0.2, -0.15) is 0 Å². The van der Waals surface area contributed by atoms with Gasteiger partial charge in [-0.15, -0.1) is 0 Å². The number of hydrogen-bond acceptors (Lipinski definition) is 4. The Balaban J connectivity index is 1.90. The summed E-state index contributed by atoms with van der Waals surface area (Å²) >= 11 is 0. The molecule has 6 nitrogen and oxygen atoms in total. The van der Waals surface area contributed by atoms with Gasteiger partial charge in [0.05, 0.1) is 19.2 Å². The van der Waals surface area contributed by atoms with Gasteiger partial charge in [-0.3, -0.25) is 9.59 Å². The predicted octanol–water partition coefficient (Wildman–Crippen LogP) is 2.15. The second kappa shape index (κ2) is 7.92. The van der Waals surface area contributed by atoms with E-state index in [-0.39, 0.29) is 12.5 Å². The van der Waals surface area contributed by atoms with Gasteiger partial charge in [-0.05, 0) is 37.3 Å². The Bertz CT molecular complexity index is 754. The van der Waals surface area contributed by atoms with E-state index >= 15 is 0 Å². The van der Waals surface area contributed by atoms with E-state index in [4.69, 9.17) is 0 Å². The van der Waals surface area contributed by atoms with Crippen molar-refractivity contribution >= 4 is 23.5 Å². The molecule has 0 aliphatic rings. The highest BCUT2D eigenvalue weighted by atomic mass is 16.5. The molecule has 24 heavy (non-hydrogen) atoms. The molecule has 0 aliphatic carbocycles. The highest BCUT2D eigenvalue weighted by molar-refractivity contribution is 6.00. The number of ether oxygens (including phenoxy) is 1. The van der Waals surface area contributed by atoms with Crippen LogP contribution >= 0.6 is 0 Å². The lowest BCUT2D eigenvalue weighted by Gasteiger charge is -2.08. The molecular formula is C18H18N2O4. The van der Waals surface area contributed by atoms with E-state index in [0.717, 1.165) is 5.56 Å². The number of carbonyl (C=O) groups excluding carboxylic acids is 3. The lowest BCUT2D eigenvalue weighted by atomic mass is 10.1. The van der Waals surface area contributed by atoms with Gasteiger partial charge in [0, 0.05) is 11.3 Å². The summed E-state index contributed by atoms with van der Waals surface area (Å²) in [5.74, 6) is -1.20. The molecule has 0 aliphatic heterocycles. The van der Waals surface area contributed by atoms with Crippen molar-refractivity contribution in [2.24, 2.45) is 0 Å². The molecule has 0 saturated heterocycles. The Labute approximate surface area is 139 Å². The van der Waals surface area contributed by atoms with Gasteiger partial charge in [-0.1, -0.05) is 23.8 Å². The number of amides is 2. The molecule has 0 heterocycles. The molecule has 2 N–H and O–H groups in total. The fourth-order valence-corrected chi connectivity index (χ4v) is 2.01. The Hall–Kier alpha value is -3.15. The maximum absolute atomic E-state index is 11.9. The van der Waals surface area contributed by atoms with E-state index in [1.807, 2.05) is 19.1 Å². The number of aryl methyl sites for hydroxylation is 1. The summed E-state index contributed by atoms with van der Waals surface area (Å²) in [6, 6.07) is 13.4. The van der Waals surface area contributed by atoms with Crippen molar-refractivity contribution < 1.29 is 19.1 Å². The van der Waals surface area contributed by atoms with E-state index in [2.05, 4.69) is 15.4 Å². The van der Waals surface area contributed by atoms with Crippen LogP contribution < -0.4 is 10.6 Å². The van der Waals surface area contributed by atoms with Crippen LogP contribution in [0.1, 0.15) is 26.3 Å². The number of hydrogen-bond donors (Lipinski definition) is 2. The predicted molar refractivity (Wildman–Crippen MR) is 89.9 cm³/mol. The molecule has 6 heteroatoms. The molecule has 0 fully saturated rings. The third kappa shape index (κ3) is 4.67. The van der Waals surface area contributed by atoms with Crippen LogP contribution in [0.4, 0.5) is 5.69 Å². The number of carbonyl (C=O) groups is 3. The van der Waals surface area contributed by atoms with Crippen molar-refractivity contribution in [3.05, 3.63) is 65.2 Å². The van der Waals surface area contributed by atoms with Crippen LogP contribution in [0.15, 0.2) is 48.5 Å². The van der Waals surface area contributed by atoms with E-state index in [1.54, 1.807) is 30.3 Å². The summed E-state index contributed by atoms with van der Waals surface area (Å²) in [4.78, 5) is 35.3. The van der Waals surface area contributed by atoms with Crippen LogP contribution in [-0.4, -0.2) is 31.4 Å². The molecule has 2 rings (SSSR count). The minimum Gasteiger partial charge on any atom is -0.465 e. The van der Waals surface area contributed by atoms with Gasteiger partial charge >= 0.3 is 5.97 Å². The third-order valence-electron chi connectivity index (χ3n) is 3.29. The smallest absolute Gasteiger partial charge is 0.337 e. The number of esters is 1. The molecule has 0 spiro atoms. The average molecular weight is 326 g/mol. The minimum atomic E-state index is -0.487. The Morgan fingerprint density at radius 3 is 2.38 bits per heavy atom. The standard InChI is InChI=1S/C18H18N2O4/c1-12-6-8-13(9-7-12)17(22)19-11-16(21)20-15-5-3-4-14(10-15)18(23)24-2/h3-10H,11H2,1-2H3,(H,19,22)(H,20,21). The zero-order valence-corrected chi connectivity index (χ0v) is 13.5. The first-order valence-corrected chi connectivity index (χ1v) is 7.32. The molecule has 0 unspecified atom stereocenters. The van der Waals surface area contributed by atoms with Gasteiger partial charge in [0.2, 0.25) is 5.91 Å². The zero-order chi connectivity index (χ0) is 17.5. The Morgan fingerprint density at radius 2 is 1.71 bits per heavy atom. The maximum Gasteiger partial charge on any atom is 0.337 e. The first-order chi connectivity index (χ1) is 11.5. The number of nitrogens with one attached hydrogen (secondary N) is 2. The molecule has 0 bridgehead atoms. The van der Waals surface area contributed by atoms with E-state index in [0.29, 0.717) is 16.8 Å². The number of rotatable bonds is 5. The molecule has 0 atom stereocenters. The van der Waals surface area contributed by atoms with E-state index in [9.17, 15) is 14.4 Å². The van der Waals surface area contributed by atoms with Gasteiger partial charge in [0.1, 0.15) is 0 Å². The highest BCUT2D eigenvalue weighted by Crippen LogP contribution is 2.11. The summed E-state index contributed by atoms with van der Waals surface area (Å²) in [6.07, 6.45) is 0. The van der Waals surface area contributed by atoms with Crippen molar-refractivity contribution in [3.8, 4) is 0 Å². The second-order valence-corrected chi connectivity index (χ2v) is 5.17. The van der Waals surface area contributed by atoms with Crippen LogP contribution in [0.25, 0.3) is 0 Å². The van der Waals surface area contributed by atoms with Gasteiger partial charge in [0.15, 0.2) is 0 Å². The maximum atomic E-state index is 11.9. The summed E-state index contributed by atoms with van der Waals surface area (Å²) in [5, 5.41) is 5.16. The average Bonchev–Trinajstić information content (AvgIpc) is 2.59. The number of methoxy groups -OCH3 is 1. The molecule has 2 aromatic carbocycles. The highest BCUT2D eigenvalue weighted by Gasteiger charge is 2.10. The number of anilines is 1. The van der Waals surface area contributed by atoms with Crippen molar-refractivity contribution in [1.29, 1.82) is 0 Å². The zero-order valence-electron chi connectivity index (χ0n) is 13.5. The fraction of sp³-hybridized carbons (Fsp3) is 0.167. The van der Waals surface area contributed by atoms with E-state index in [1.165, 1.54) is 13.2 Å². The van der Waals surface area contributed by atoms with Crippen LogP contribution in [0.2, 0.25) is 0 Å². The lowest BCUT2D eigenvalue weighted by Crippen LogP contribution is -2.32. The third-order valence-corrected chi connectivity index (χ3v) is 3.29. The molecular weight excluding hydrogens is 308 g/mol. The van der Waals surface area contributed by atoms with Gasteiger partial charge in [-0.25, -0.2) is 4.79 Å². The second-order valence-electron chi connectivity index (χ2n) is 5.17. The Morgan fingerprint density at radius 1 is 1.00 bits per heavy atom. The van der Waals surface area contributed by atoms with Crippen molar-refractivity contribution in [2.45, 2.75) is 6.92 Å². The Kier molecular flexibility index (Phi) is 5.68. The van der Waals surface area contributed by atoms with Crippen LogP contribution in [0.5, 0.6) is 0 Å².